The number of unbranched alkanes of at least 4 members (excludes halogenated alkanes) is 9. The number of methoxy groups -OCH3 is 3. The van der Waals surface area contributed by atoms with Gasteiger partial charge in [-0.2, -0.15) is 0 Å². The molecule has 0 atom stereocenters. The third-order valence-electron chi connectivity index (χ3n) is 9.02. The SMILES string of the molecule is CCCCCCOc1ccc(-c2nc(-c3ccc(OCCCCCC)c(OC)c3O)nc(-c3ccc(OCCCCCC)c(OC)c3O)n2)c(O)c1OC. The van der Waals surface area contributed by atoms with E-state index >= 15 is 0 Å². The molecule has 0 radical (unpaired) electrons. The van der Waals surface area contributed by atoms with Crippen LogP contribution in [0.25, 0.3) is 34.2 Å². The van der Waals surface area contributed by atoms with E-state index in [9.17, 15) is 15.3 Å². The maximum absolute atomic E-state index is 11.5. The predicted octanol–water partition coefficient (Wildman–Crippen LogP) is 9.89. The van der Waals surface area contributed by atoms with E-state index in [0.29, 0.717) is 37.1 Å². The summed E-state index contributed by atoms with van der Waals surface area (Å²) in [5.74, 6) is 0.930. The first-order valence-electron chi connectivity index (χ1n) is 19.2. The average Bonchev–Trinajstić information content (AvgIpc) is 3.17. The van der Waals surface area contributed by atoms with Gasteiger partial charge in [0.05, 0.1) is 57.8 Å². The van der Waals surface area contributed by atoms with Crippen molar-refractivity contribution < 1.29 is 43.7 Å². The number of hydrogen-bond donors (Lipinski definition) is 3. The number of phenols is 3. The van der Waals surface area contributed by atoms with Crippen LogP contribution in [0.2, 0.25) is 0 Å². The van der Waals surface area contributed by atoms with E-state index in [0.717, 1.165) is 77.0 Å². The maximum atomic E-state index is 11.5. The fourth-order valence-corrected chi connectivity index (χ4v) is 6.00. The highest BCUT2D eigenvalue weighted by Crippen LogP contribution is 2.47. The molecule has 4 rings (SSSR count). The quantitative estimate of drug-likeness (QED) is 0.0584. The lowest BCUT2D eigenvalue weighted by Gasteiger charge is -2.17. The van der Waals surface area contributed by atoms with Gasteiger partial charge in [0, 0.05) is 0 Å². The van der Waals surface area contributed by atoms with E-state index in [2.05, 4.69) is 20.8 Å². The van der Waals surface area contributed by atoms with Crippen LogP contribution in [0.3, 0.4) is 0 Å². The number of rotatable bonds is 24. The van der Waals surface area contributed by atoms with Crippen molar-refractivity contribution in [3.8, 4) is 85.9 Å². The second kappa shape index (κ2) is 21.5. The molecule has 0 unspecified atom stereocenters. The third-order valence-corrected chi connectivity index (χ3v) is 9.02. The molecule has 0 aliphatic rings. The topological polar surface area (TPSA) is 155 Å². The largest absolute Gasteiger partial charge is 0.504 e. The summed E-state index contributed by atoms with van der Waals surface area (Å²) in [7, 11) is 4.34. The van der Waals surface area contributed by atoms with Crippen LogP contribution in [0.1, 0.15) is 97.8 Å². The summed E-state index contributed by atoms with van der Waals surface area (Å²) in [4.78, 5) is 14.1. The highest BCUT2D eigenvalue weighted by molar-refractivity contribution is 5.79. The Bertz CT molecular complexity index is 1570. The molecule has 12 heteroatoms. The van der Waals surface area contributed by atoms with Gasteiger partial charge in [0.25, 0.3) is 0 Å². The number of aromatic hydroxyl groups is 3. The van der Waals surface area contributed by atoms with Crippen LogP contribution in [-0.4, -0.2) is 71.4 Å². The minimum absolute atomic E-state index is 0.0459. The van der Waals surface area contributed by atoms with E-state index in [1.54, 1.807) is 36.4 Å². The number of hydrogen-bond acceptors (Lipinski definition) is 12. The van der Waals surface area contributed by atoms with Crippen LogP contribution < -0.4 is 28.4 Å². The molecule has 0 amide bonds. The van der Waals surface area contributed by atoms with Crippen molar-refractivity contribution in [2.75, 3.05) is 41.2 Å². The Balaban J connectivity index is 1.82. The van der Waals surface area contributed by atoms with Gasteiger partial charge in [0.1, 0.15) is 0 Å². The fourth-order valence-electron chi connectivity index (χ4n) is 6.00. The standard InChI is InChI=1S/C42H57N3O9/c1-7-10-13-16-25-52-31-22-19-28(34(46)37(31)49-4)40-43-41(29-20-23-32(38(50-5)35(29)47)53-26-17-14-11-8-2)45-42(44-40)30-21-24-33(39(51-6)36(30)48)54-27-18-15-12-9-3/h19-24,46-48H,7-18,25-27H2,1-6H3. The highest BCUT2D eigenvalue weighted by Gasteiger charge is 2.25. The van der Waals surface area contributed by atoms with Crippen molar-refractivity contribution >= 4 is 0 Å². The van der Waals surface area contributed by atoms with Crippen molar-refractivity contribution in [3.63, 3.8) is 0 Å². The zero-order valence-corrected chi connectivity index (χ0v) is 32.7. The number of benzene rings is 3. The zero-order valence-electron chi connectivity index (χ0n) is 32.7. The van der Waals surface area contributed by atoms with E-state index in [4.69, 9.17) is 43.4 Å². The summed E-state index contributed by atoms with van der Waals surface area (Å²) in [6.07, 6.45) is 12.4. The molecular weight excluding hydrogens is 690 g/mol. The van der Waals surface area contributed by atoms with Gasteiger partial charge in [-0.1, -0.05) is 78.6 Å². The summed E-state index contributed by atoms with van der Waals surface area (Å²) in [5, 5.41) is 34.6. The summed E-state index contributed by atoms with van der Waals surface area (Å²) in [6, 6.07) is 9.97. The second-order valence-electron chi connectivity index (χ2n) is 13.0. The minimum atomic E-state index is -0.242. The number of phenolic OH excluding ortho intramolecular Hbond substituents is 3. The molecule has 1 aromatic heterocycles. The summed E-state index contributed by atoms with van der Waals surface area (Å²) in [5.41, 5.74) is 0.645. The van der Waals surface area contributed by atoms with Crippen molar-refractivity contribution in [1.29, 1.82) is 0 Å². The smallest absolute Gasteiger partial charge is 0.203 e. The molecule has 0 fully saturated rings. The monoisotopic (exact) mass is 747 g/mol. The molecule has 0 saturated heterocycles. The van der Waals surface area contributed by atoms with Gasteiger partial charge in [0.2, 0.25) is 17.2 Å². The molecule has 0 spiro atoms. The lowest BCUT2D eigenvalue weighted by Crippen LogP contribution is -2.04. The Labute approximate surface area is 319 Å². The molecule has 3 aromatic carbocycles. The number of ether oxygens (including phenoxy) is 6. The van der Waals surface area contributed by atoms with Crippen molar-refractivity contribution in [2.45, 2.75) is 97.8 Å². The summed E-state index contributed by atoms with van der Waals surface area (Å²) < 4.78 is 34.7. The van der Waals surface area contributed by atoms with Gasteiger partial charge in [-0.3, -0.25) is 0 Å². The first-order chi connectivity index (χ1) is 26.3. The van der Waals surface area contributed by atoms with Crippen molar-refractivity contribution in [3.05, 3.63) is 36.4 Å². The minimum Gasteiger partial charge on any atom is -0.504 e. The molecular formula is C42H57N3O9. The molecule has 0 bridgehead atoms. The molecule has 294 valence electrons. The Kier molecular flexibility index (Phi) is 16.6. The molecule has 12 nitrogen and oxygen atoms in total. The van der Waals surface area contributed by atoms with Crippen LogP contribution in [0, 0.1) is 0 Å². The first kappa shape index (κ1) is 41.6. The van der Waals surface area contributed by atoms with Gasteiger partial charge in [-0.05, 0) is 55.7 Å². The Hall–Kier alpha value is -5.13. The Morgan fingerprint density at radius 3 is 0.926 bits per heavy atom. The summed E-state index contributed by atoms with van der Waals surface area (Å²) in [6.45, 7) is 7.84. The lowest BCUT2D eigenvalue weighted by atomic mass is 10.1. The molecule has 54 heavy (non-hydrogen) atoms. The third kappa shape index (κ3) is 10.5. The lowest BCUT2D eigenvalue weighted by molar-refractivity contribution is 0.278. The van der Waals surface area contributed by atoms with E-state index in [-0.39, 0.29) is 68.7 Å². The normalized spacial score (nSPS) is 11.0. The maximum Gasteiger partial charge on any atom is 0.203 e. The molecule has 1 heterocycles. The average molecular weight is 748 g/mol. The van der Waals surface area contributed by atoms with Crippen LogP contribution in [0.4, 0.5) is 0 Å². The van der Waals surface area contributed by atoms with Gasteiger partial charge < -0.3 is 43.7 Å². The fraction of sp³-hybridized carbons (Fsp3) is 0.500. The zero-order chi connectivity index (χ0) is 38.9. The van der Waals surface area contributed by atoms with E-state index in [1.165, 1.54) is 21.3 Å². The van der Waals surface area contributed by atoms with Crippen molar-refractivity contribution in [2.24, 2.45) is 0 Å². The first-order valence-corrected chi connectivity index (χ1v) is 19.2. The number of nitrogens with zero attached hydrogens (tertiary/aromatic N) is 3. The van der Waals surface area contributed by atoms with Gasteiger partial charge in [-0.25, -0.2) is 15.0 Å². The van der Waals surface area contributed by atoms with Gasteiger partial charge in [0.15, 0.2) is 52.0 Å². The predicted molar refractivity (Wildman–Crippen MR) is 210 cm³/mol. The second-order valence-corrected chi connectivity index (χ2v) is 13.0. The van der Waals surface area contributed by atoms with Crippen LogP contribution >= 0.6 is 0 Å². The molecule has 0 aliphatic carbocycles. The summed E-state index contributed by atoms with van der Waals surface area (Å²) >= 11 is 0. The van der Waals surface area contributed by atoms with Crippen molar-refractivity contribution in [1.82, 2.24) is 15.0 Å². The molecule has 4 aromatic rings. The van der Waals surface area contributed by atoms with Gasteiger partial charge in [-0.15, -0.1) is 0 Å². The van der Waals surface area contributed by atoms with Crippen LogP contribution in [0.15, 0.2) is 36.4 Å². The van der Waals surface area contributed by atoms with E-state index in [1.807, 2.05) is 0 Å². The molecule has 3 N–H and O–H groups in total. The van der Waals surface area contributed by atoms with Crippen LogP contribution in [-0.2, 0) is 0 Å². The van der Waals surface area contributed by atoms with Crippen LogP contribution in [0.5, 0.6) is 51.7 Å². The van der Waals surface area contributed by atoms with Gasteiger partial charge >= 0.3 is 0 Å². The highest BCUT2D eigenvalue weighted by atomic mass is 16.5. The Morgan fingerprint density at radius 2 is 0.685 bits per heavy atom. The Morgan fingerprint density at radius 1 is 0.407 bits per heavy atom. The van der Waals surface area contributed by atoms with E-state index < -0.39 is 0 Å². The number of aromatic nitrogens is 3. The molecule has 0 saturated carbocycles. The molecule has 0 aliphatic heterocycles.